The number of furan rings is 1. The molecule has 0 aliphatic carbocycles. The first-order chi connectivity index (χ1) is 8.58. The van der Waals surface area contributed by atoms with E-state index in [-0.39, 0.29) is 17.9 Å². The lowest BCUT2D eigenvalue weighted by Gasteiger charge is -2.28. The molecule has 18 heavy (non-hydrogen) atoms. The highest BCUT2D eigenvalue weighted by Gasteiger charge is 2.29. The fourth-order valence-corrected chi connectivity index (χ4v) is 2.22. The highest BCUT2D eigenvalue weighted by atomic mass is 16.3. The molecule has 2 amide bonds. The number of hydrogen-bond acceptors (Lipinski definition) is 3. The van der Waals surface area contributed by atoms with Crippen LogP contribution in [-0.4, -0.2) is 35.3 Å². The van der Waals surface area contributed by atoms with Gasteiger partial charge in [-0.3, -0.25) is 9.59 Å². The van der Waals surface area contributed by atoms with Crippen molar-refractivity contribution in [1.29, 1.82) is 0 Å². The summed E-state index contributed by atoms with van der Waals surface area (Å²) in [7, 11) is 0. The van der Waals surface area contributed by atoms with Crippen molar-refractivity contribution >= 4 is 11.8 Å². The molecule has 98 valence electrons. The average molecular weight is 250 g/mol. The van der Waals surface area contributed by atoms with E-state index in [1.807, 2.05) is 19.1 Å². The maximum absolute atomic E-state index is 12.1. The van der Waals surface area contributed by atoms with Crippen LogP contribution in [0.4, 0.5) is 0 Å². The van der Waals surface area contributed by atoms with Crippen molar-refractivity contribution in [2.24, 2.45) is 0 Å². The van der Waals surface area contributed by atoms with E-state index in [0.717, 1.165) is 5.76 Å². The summed E-state index contributed by atoms with van der Waals surface area (Å²) in [5.74, 6) is 0.759. The number of carbonyl (C=O) groups is 2. The Morgan fingerprint density at radius 2 is 2.33 bits per heavy atom. The second-order valence-corrected chi connectivity index (χ2v) is 4.70. The summed E-state index contributed by atoms with van der Waals surface area (Å²) in [4.78, 5) is 25.3. The van der Waals surface area contributed by atoms with Crippen molar-refractivity contribution in [3.63, 3.8) is 0 Å². The Balaban J connectivity index is 2.05. The fraction of sp³-hybridized carbons (Fsp3) is 0.538. The number of hydrogen-bond donors (Lipinski definition) is 1. The first-order valence-corrected chi connectivity index (χ1v) is 6.20. The molecule has 2 heterocycles. The average Bonchev–Trinajstić information content (AvgIpc) is 2.77. The van der Waals surface area contributed by atoms with Crippen molar-refractivity contribution in [3.05, 3.63) is 24.2 Å². The summed E-state index contributed by atoms with van der Waals surface area (Å²) in [5.41, 5.74) is 0. The molecule has 2 rings (SSSR count). The lowest BCUT2D eigenvalue weighted by Crippen LogP contribution is -2.46. The van der Waals surface area contributed by atoms with Crippen LogP contribution in [0, 0.1) is 0 Å². The fourth-order valence-electron chi connectivity index (χ4n) is 2.22. The molecule has 0 bridgehead atoms. The van der Waals surface area contributed by atoms with E-state index in [1.54, 1.807) is 18.1 Å². The quantitative estimate of drug-likeness (QED) is 0.868. The number of carbonyl (C=O) groups excluding carboxylic acids is 2. The molecule has 1 fully saturated rings. The summed E-state index contributed by atoms with van der Waals surface area (Å²) >= 11 is 0. The SMILES string of the molecule is CC1NC(=O)CCN(C(C)Cc2ccco2)C1=O. The summed E-state index contributed by atoms with van der Waals surface area (Å²) in [6.45, 7) is 4.16. The minimum Gasteiger partial charge on any atom is -0.469 e. The molecule has 0 spiro atoms. The molecule has 2 atom stereocenters. The number of amides is 2. The predicted octanol–water partition coefficient (Wildman–Crippen LogP) is 0.948. The molecule has 1 aromatic rings. The maximum Gasteiger partial charge on any atom is 0.245 e. The highest BCUT2D eigenvalue weighted by Crippen LogP contribution is 2.13. The molecular formula is C13H18N2O3. The van der Waals surface area contributed by atoms with E-state index >= 15 is 0 Å². The molecule has 5 nitrogen and oxygen atoms in total. The van der Waals surface area contributed by atoms with Crippen LogP contribution in [0.3, 0.4) is 0 Å². The van der Waals surface area contributed by atoms with Gasteiger partial charge in [-0.05, 0) is 26.0 Å². The van der Waals surface area contributed by atoms with Gasteiger partial charge in [0.2, 0.25) is 11.8 Å². The summed E-state index contributed by atoms with van der Waals surface area (Å²) < 4.78 is 5.29. The zero-order valence-electron chi connectivity index (χ0n) is 10.7. The monoisotopic (exact) mass is 250 g/mol. The lowest BCUT2D eigenvalue weighted by molar-refractivity contribution is -0.134. The Labute approximate surface area is 106 Å². The summed E-state index contributed by atoms with van der Waals surface area (Å²) in [6, 6.07) is 3.31. The third kappa shape index (κ3) is 2.72. The van der Waals surface area contributed by atoms with Crippen LogP contribution >= 0.6 is 0 Å². The molecule has 1 N–H and O–H groups in total. The first kappa shape index (κ1) is 12.7. The van der Waals surface area contributed by atoms with Gasteiger partial charge in [-0.15, -0.1) is 0 Å². The van der Waals surface area contributed by atoms with Gasteiger partial charge >= 0.3 is 0 Å². The highest BCUT2D eigenvalue weighted by molar-refractivity contribution is 5.89. The van der Waals surface area contributed by atoms with E-state index in [1.165, 1.54) is 0 Å². The first-order valence-electron chi connectivity index (χ1n) is 6.20. The van der Waals surface area contributed by atoms with Crippen LogP contribution < -0.4 is 5.32 Å². The van der Waals surface area contributed by atoms with E-state index in [9.17, 15) is 9.59 Å². The number of nitrogens with one attached hydrogen (secondary N) is 1. The van der Waals surface area contributed by atoms with Gasteiger partial charge in [-0.25, -0.2) is 0 Å². The summed E-state index contributed by atoms with van der Waals surface area (Å²) in [6.07, 6.45) is 2.65. The van der Waals surface area contributed by atoms with Gasteiger partial charge in [0, 0.05) is 25.4 Å². The normalized spacial score (nSPS) is 22.6. The third-order valence-corrected chi connectivity index (χ3v) is 3.22. The smallest absolute Gasteiger partial charge is 0.245 e. The zero-order valence-corrected chi connectivity index (χ0v) is 10.7. The Bertz CT molecular complexity index is 427. The number of rotatable bonds is 3. The van der Waals surface area contributed by atoms with Crippen LogP contribution in [0.25, 0.3) is 0 Å². The van der Waals surface area contributed by atoms with Crippen LogP contribution in [-0.2, 0) is 16.0 Å². The molecular weight excluding hydrogens is 232 g/mol. The molecule has 0 saturated carbocycles. The van der Waals surface area contributed by atoms with Crippen molar-refractivity contribution in [3.8, 4) is 0 Å². The van der Waals surface area contributed by atoms with Crippen LogP contribution in [0.2, 0.25) is 0 Å². The van der Waals surface area contributed by atoms with Gasteiger partial charge in [0.25, 0.3) is 0 Å². The van der Waals surface area contributed by atoms with Gasteiger partial charge in [-0.2, -0.15) is 0 Å². The van der Waals surface area contributed by atoms with Gasteiger partial charge in [-0.1, -0.05) is 0 Å². The molecule has 1 saturated heterocycles. The standard InChI is InChI=1S/C13H18N2O3/c1-9(8-11-4-3-7-18-11)15-6-5-12(16)14-10(2)13(15)17/h3-4,7,9-10H,5-6,8H2,1-2H3,(H,14,16). The van der Waals surface area contributed by atoms with E-state index in [2.05, 4.69) is 5.32 Å². The van der Waals surface area contributed by atoms with Crippen LogP contribution in [0.1, 0.15) is 26.0 Å². The topological polar surface area (TPSA) is 62.6 Å². The van der Waals surface area contributed by atoms with Crippen LogP contribution in [0.15, 0.2) is 22.8 Å². The second-order valence-electron chi connectivity index (χ2n) is 4.70. The zero-order chi connectivity index (χ0) is 13.1. The molecule has 1 aliphatic rings. The van der Waals surface area contributed by atoms with Gasteiger partial charge in [0.1, 0.15) is 11.8 Å². The predicted molar refractivity (Wildman–Crippen MR) is 65.8 cm³/mol. The van der Waals surface area contributed by atoms with Crippen molar-refractivity contribution in [1.82, 2.24) is 10.2 Å². The maximum atomic E-state index is 12.1. The molecule has 5 heteroatoms. The Morgan fingerprint density at radius 1 is 1.56 bits per heavy atom. The molecule has 1 aliphatic heterocycles. The van der Waals surface area contributed by atoms with Gasteiger partial charge < -0.3 is 14.6 Å². The second kappa shape index (κ2) is 5.25. The Kier molecular flexibility index (Phi) is 3.69. The van der Waals surface area contributed by atoms with Gasteiger partial charge in [0.15, 0.2) is 0 Å². The Morgan fingerprint density at radius 3 is 3.00 bits per heavy atom. The third-order valence-electron chi connectivity index (χ3n) is 3.22. The van der Waals surface area contributed by atoms with E-state index < -0.39 is 6.04 Å². The lowest BCUT2D eigenvalue weighted by atomic mass is 10.1. The molecule has 0 radical (unpaired) electrons. The Hall–Kier alpha value is -1.78. The largest absolute Gasteiger partial charge is 0.469 e. The minimum atomic E-state index is -0.445. The van der Waals surface area contributed by atoms with Crippen molar-refractivity contribution < 1.29 is 14.0 Å². The van der Waals surface area contributed by atoms with Crippen molar-refractivity contribution in [2.75, 3.05) is 6.54 Å². The van der Waals surface area contributed by atoms with E-state index in [4.69, 9.17) is 4.42 Å². The summed E-state index contributed by atoms with van der Waals surface area (Å²) in [5, 5.41) is 2.68. The molecule has 1 aromatic heterocycles. The number of nitrogens with zero attached hydrogens (tertiary/aromatic N) is 1. The van der Waals surface area contributed by atoms with Crippen LogP contribution in [0.5, 0.6) is 0 Å². The van der Waals surface area contributed by atoms with Gasteiger partial charge in [0.05, 0.1) is 6.26 Å². The van der Waals surface area contributed by atoms with E-state index in [0.29, 0.717) is 19.4 Å². The molecule has 0 aromatic carbocycles. The van der Waals surface area contributed by atoms with Crippen molar-refractivity contribution in [2.45, 2.75) is 38.8 Å². The minimum absolute atomic E-state index is 0.0267. The molecule has 2 unspecified atom stereocenters.